The van der Waals surface area contributed by atoms with Crippen LogP contribution in [0.3, 0.4) is 0 Å². The first-order valence-electron chi connectivity index (χ1n) is 4.94. The Morgan fingerprint density at radius 1 is 1.60 bits per heavy atom. The molecule has 2 N–H and O–H groups in total. The summed E-state index contributed by atoms with van der Waals surface area (Å²) in [5.74, 6) is 0.937. The summed E-state index contributed by atoms with van der Waals surface area (Å²) in [6.07, 6.45) is 0. The van der Waals surface area contributed by atoms with Gasteiger partial charge in [0, 0.05) is 18.1 Å². The van der Waals surface area contributed by atoms with Crippen molar-refractivity contribution in [3.8, 4) is 0 Å². The van der Waals surface area contributed by atoms with Crippen molar-refractivity contribution >= 4 is 23.6 Å². The van der Waals surface area contributed by atoms with Gasteiger partial charge < -0.3 is 15.4 Å². The van der Waals surface area contributed by atoms with Crippen molar-refractivity contribution in [2.45, 2.75) is 13.0 Å². The highest BCUT2D eigenvalue weighted by Gasteiger charge is 2.32. The molecule has 1 aliphatic heterocycles. The minimum Gasteiger partial charge on any atom is -0.464 e. The fraction of sp³-hybridized carbons (Fsp3) is 0.778. The summed E-state index contributed by atoms with van der Waals surface area (Å²) in [4.78, 5) is 24.6. The molecule has 0 aromatic carbocycles. The van der Waals surface area contributed by atoms with Gasteiger partial charge in [-0.2, -0.15) is 11.8 Å². The van der Waals surface area contributed by atoms with Gasteiger partial charge >= 0.3 is 5.97 Å². The first kappa shape index (κ1) is 12.3. The Bertz CT molecular complexity index is 248. The summed E-state index contributed by atoms with van der Waals surface area (Å²) >= 11 is 1.65. The SMILES string of the molecule is CCOC(=O)C1CSCCN1C(=O)CN. The maximum Gasteiger partial charge on any atom is 0.329 e. The molecule has 1 saturated heterocycles. The highest BCUT2D eigenvalue weighted by atomic mass is 32.2. The van der Waals surface area contributed by atoms with Crippen molar-refractivity contribution in [1.82, 2.24) is 4.90 Å². The van der Waals surface area contributed by atoms with Gasteiger partial charge in [0.25, 0.3) is 0 Å². The molecule has 1 heterocycles. The van der Waals surface area contributed by atoms with Gasteiger partial charge in [0.05, 0.1) is 13.2 Å². The van der Waals surface area contributed by atoms with Crippen LogP contribution in [0.1, 0.15) is 6.92 Å². The van der Waals surface area contributed by atoms with Crippen LogP contribution in [0.25, 0.3) is 0 Å². The minimum atomic E-state index is -0.459. The molecule has 0 saturated carbocycles. The van der Waals surface area contributed by atoms with E-state index in [1.54, 1.807) is 18.7 Å². The molecule has 1 atom stereocenters. The van der Waals surface area contributed by atoms with Crippen molar-refractivity contribution in [2.75, 3.05) is 31.2 Å². The van der Waals surface area contributed by atoms with Gasteiger partial charge in [0.2, 0.25) is 5.91 Å². The zero-order valence-corrected chi connectivity index (χ0v) is 9.59. The third kappa shape index (κ3) is 3.10. The Morgan fingerprint density at radius 2 is 2.33 bits per heavy atom. The Hall–Kier alpha value is -0.750. The van der Waals surface area contributed by atoms with Crippen molar-refractivity contribution in [3.63, 3.8) is 0 Å². The van der Waals surface area contributed by atoms with Gasteiger partial charge in [0.1, 0.15) is 6.04 Å². The zero-order chi connectivity index (χ0) is 11.3. The average Bonchev–Trinajstić information content (AvgIpc) is 2.28. The van der Waals surface area contributed by atoms with E-state index in [1.807, 2.05) is 0 Å². The molecule has 15 heavy (non-hydrogen) atoms. The van der Waals surface area contributed by atoms with E-state index in [2.05, 4.69) is 0 Å². The van der Waals surface area contributed by atoms with Crippen LogP contribution in [0.4, 0.5) is 0 Å². The van der Waals surface area contributed by atoms with E-state index in [-0.39, 0.29) is 18.4 Å². The Kier molecular flexibility index (Phi) is 4.90. The first-order valence-corrected chi connectivity index (χ1v) is 6.10. The van der Waals surface area contributed by atoms with Gasteiger partial charge in [-0.15, -0.1) is 0 Å². The smallest absolute Gasteiger partial charge is 0.329 e. The second-order valence-electron chi connectivity index (χ2n) is 3.13. The topological polar surface area (TPSA) is 72.6 Å². The van der Waals surface area contributed by atoms with Crippen LogP contribution in [-0.2, 0) is 14.3 Å². The number of amides is 1. The molecule has 0 aromatic rings. The maximum absolute atomic E-state index is 11.6. The fourth-order valence-electron chi connectivity index (χ4n) is 1.45. The van der Waals surface area contributed by atoms with Gasteiger partial charge in [-0.05, 0) is 6.92 Å². The predicted molar refractivity (Wildman–Crippen MR) is 58.5 cm³/mol. The maximum atomic E-state index is 11.6. The van der Waals surface area contributed by atoms with E-state index in [9.17, 15) is 9.59 Å². The fourth-order valence-corrected chi connectivity index (χ4v) is 2.48. The summed E-state index contributed by atoms with van der Waals surface area (Å²) in [5, 5.41) is 0. The third-order valence-electron chi connectivity index (χ3n) is 2.18. The molecular weight excluding hydrogens is 216 g/mol. The van der Waals surface area contributed by atoms with Crippen LogP contribution in [-0.4, -0.2) is 54.0 Å². The second kappa shape index (κ2) is 5.97. The number of hydrogen-bond donors (Lipinski definition) is 1. The quantitative estimate of drug-likeness (QED) is 0.661. The monoisotopic (exact) mass is 232 g/mol. The van der Waals surface area contributed by atoms with Crippen LogP contribution in [0.2, 0.25) is 0 Å². The number of nitrogens with zero attached hydrogens (tertiary/aromatic N) is 1. The number of thioether (sulfide) groups is 1. The summed E-state index contributed by atoms with van der Waals surface area (Å²) in [6.45, 7) is 2.61. The van der Waals surface area contributed by atoms with E-state index in [0.29, 0.717) is 18.9 Å². The normalized spacial score (nSPS) is 21.2. The number of carbonyl (C=O) groups is 2. The molecule has 86 valence electrons. The van der Waals surface area contributed by atoms with Crippen molar-refractivity contribution in [1.29, 1.82) is 0 Å². The standard InChI is InChI=1S/C9H16N2O3S/c1-2-14-9(13)7-6-15-4-3-11(7)8(12)5-10/h7H,2-6,10H2,1H3. The molecule has 0 spiro atoms. The predicted octanol–water partition coefficient (Wildman–Crippen LogP) is -0.548. The van der Waals surface area contributed by atoms with E-state index < -0.39 is 6.04 Å². The average molecular weight is 232 g/mol. The lowest BCUT2D eigenvalue weighted by molar-refractivity contribution is -0.153. The molecule has 1 fully saturated rings. The molecule has 1 aliphatic rings. The zero-order valence-electron chi connectivity index (χ0n) is 8.77. The highest BCUT2D eigenvalue weighted by molar-refractivity contribution is 7.99. The Balaban J connectivity index is 2.65. The summed E-state index contributed by atoms with van der Waals surface area (Å²) in [6, 6.07) is -0.459. The number of esters is 1. The summed E-state index contributed by atoms with van der Waals surface area (Å²) in [5.41, 5.74) is 5.29. The molecule has 1 rings (SSSR count). The van der Waals surface area contributed by atoms with E-state index in [4.69, 9.17) is 10.5 Å². The number of hydrogen-bond acceptors (Lipinski definition) is 5. The minimum absolute atomic E-state index is 0.0550. The number of nitrogens with two attached hydrogens (primary N) is 1. The molecule has 5 nitrogen and oxygen atoms in total. The highest BCUT2D eigenvalue weighted by Crippen LogP contribution is 2.17. The van der Waals surface area contributed by atoms with Crippen LogP contribution in [0.5, 0.6) is 0 Å². The number of carbonyl (C=O) groups excluding carboxylic acids is 2. The second-order valence-corrected chi connectivity index (χ2v) is 4.28. The Morgan fingerprint density at radius 3 is 2.93 bits per heavy atom. The van der Waals surface area contributed by atoms with Gasteiger partial charge in [0.15, 0.2) is 0 Å². The lowest BCUT2D eigenvalue weighted by atomic mass is 10.2. The Labute approximate surface area is 93.3 Å². The van der Waals surface area contributed by atoms with Crippen molar-refractivity contribution < 1.29 is 14.3 Å². The number of ether oxygens (including phenoxy) is 1. The molecule has 0 aromatic heterocycles. The summed E-state index contributed by atoms with van der Waals surface area (Å²) in [7, 11) is 0. The van der Waals surface area contributed by atoms with Gasteiger partial charge in [-0.3, -0.25) is 4.79 Å². The molecule has 0 bridgehead atoms. The molecule has 0 aliphatic carbocycles. The van der Waals surface area contributed by atoms with Crippen molar-refractivity contribution in [3.05, 3.63) is 0 Å². The largest absolute Gasteiger partial charge is 0.464 e. The van der Waals surface area contributed by atoms with Gasteiger partial charge in [-0.25, -0.2) is 4.79 Å². The van der Waals surface area contributed by atoms with Crippen LogP contribution >= 0.6 is 11.8 Å². The first-order chi connectivity index (χ1) is 7.20. The third-order valence-corrected chi connectivity index (χ3v) is 3.20. The molecule has 1 amide bonds. The van der Waals surface area contributed by atoms with E-state index in [1.165, 1.54) is 4.90 Å². The van der Waals surface area contributed by atoms with Crippen LogP contribution < -0.4 is 5.73 Å². The number of rotatable bonds is 3. The molecule has 1 unspecified atom stereocenters. The van der Waals surface area contributed by atoms with E-state index >= 15 is 0 Å². The molecular formula is C9H16N2O3S. The van der Waals surface area contributed by atoms with E-state index in [0.717, 1.165) is 5.75 Å². The lowest BCUT2D eigenvalue weighted by Crippen LogP contribution is -2.52. The van der Waals surface area contributed by atoms with Crippen molar-refractivity contribution in [2.24, 2.45) is 5.73 Å². The molecule has 6 heteroatoms. The van der Waals surface area contributed by atoms with Crippen LogP contribution in [0, 0.1) is 0 Å². The summed E-state index contributed by atoms with van der Waals surface area (Å²) < 4.78 is 4.92. The molecule has 0 radical (unpaired) electrons. The van der Waals surface area contributed by atoms with Crippen LogP contribution in [0.15, 0.2) is 0 Å². The van der Waals surface area contributed by atoms with Gasteiger partial charge in [-0.1, -0.05) is 0 Å². The lowest BCUT2D eigenvalue weighted by Gasteiger charge is -2.33.